The van der Waals surface area contributed by atoms with Gasteiger partial charge in [0.25, 0.3) is 0 Å². The van der Waals surface area contributed by atoms with Gasteiger partial charge in [-0.2, -0.15) is 0 Å². The number of benzene rings is 2. The summed E-state index contributed by atoms with van der Waals surface area (Å²) in [6, 6.07) is 12.1. The van der Waals surface area contributed by atoms with Gasteiger partial charge in [0.15, 0.2) is 5.58 Å². The summed E-state index contributed by atoms with van der Waals surface area (Å²) in [6.07, 6.45) is 3.21. The molecular formula is C21H21FN2O2. The fourth-order valence-electron chi connectivity index (χ4n) is 3.63. The van der Waals surface area contributed by atoms with Gasteiger partial charge >= 0.3 is 0 Å². The number of amides is 1. The Hall–Kier alpha value is -2.69. The number of fused-ring (bicyclic) bond motifs is 1. The van der Waals surface area contributed by atoms with Gasteiger partial charge in [0.1, 0.15) is 17.4 Å². The molecule has 1 aromatic heterocycles. The number of aromatic nitrogens is 1. The van der Waals surface area contributed by atoms with Crippen molar-refractivity contribution < 1.29 is 13.6 Å². The second-order valence-electron chi connectivity index (χ2n) is 6.71. The molecule has 3 aromatic rings. The molecule has 1 fully saturated rings. The summed E-state index contributed by atoms with van der Waals surface area (Å²) in [6.45, 7) is 2.76. The van der Waals surface area contributed by atoms with Crippen molar-refractivity contribution in [3.05, 3.63) is 54.2 Å². The minimum absolute atomic E-state index is 0.0987. The van der Waals surface area contributed by atoms with Crippen LogP contribution in [0, 0.1) is 5.82 Å². The van der Waals surface area contributed by atoms with E-state index in [-0.39, 0.29) is 17.8 Å². The van der Waals surface area contributed by atoms with Gasteiger partial charge in [-0.25, -0.2) is 9.37 Å². The molecule has 0 spiro atoms. The lowest BCUT2D eigenvalue weighted by atomic mass is 10.0. The molecule has 0 N–H and O–H groups in total. The molecular weight excluding hydrogens is 331 g/mol. The maximum Gasteiger partial charge on any atom is 0.223 e. The Morgan fingerprint density at radius 1 is 1.31 bits per heavy atom. The average molecular weight is 352 g/mol. The number of rotatable bonds is 4. The lowest BCUT2D eigenvalue weighted by molar-refractivity contribution is -0.132. The molecule has 5 heteroatoms. The minimum atomic E-state index is -0.261. The van der Waals surface area contributed by atoms with Crippen molar-refractivity contribution >= 4 is 17.0 Å². The fraction of sp³-hybridized carbons (Fsp3) is 0.333. The zero-order valence-corrected chi connectivity index (χ0v) is 14.7. The molecule has 1 saturated heterocycles. The van der Waals surface area contributed by atoms with Crippen LogP contribution in [0.25, 0.3) is 22.2 Å². The number of nitrogens with zero attached hydrogens (tertiary/aromatic N) is 2. The molecule has 2 aromatic carbocycles. The Kier molecular flexibility index (Phi) is 4.45. The number of carbonyl (C=O) groups excluding carboxylic acids is 1. The minimum Gasteiger partial charge on any atom is -0.438 e. The van der Waals surface area contributed by atoms with Crippen molar-refractivity contribution in [2.75, 3.05) is 6.54 Å². The van der Waals surface area contributed by atoms with Crippen LogP contribution >= 0.6 is 0 Å². The maximum absolute atomic E-state index is 14.1. The van der Waals surface area contributed by atoms with Gasteiger partial charge < -0.3 is 9.32 Å². The normalized spacial score (nSPS) is 17.2. The molecule has 4 rings (SSSR count). The molecule has 134 valence electrons. The Labute approximate surface area is 151 Å². The van der Waals surface area contributed by atoms with Crippen LogP contribution in [0.3, 0.4) is 0 Å². The summed E-state index contributed by atoms with van der Waals surface area (Å²) >= 11 is 0. The Morgan fingerprint density at radius 2 is 2.15 bits per heavy atom. The van der Waals surface area contributed by atoms with Gasteiger partial charge in [-0.15, -0.1) is 0 Å². The number of oxazole rings is 1. The highest BCUT2D eigenvalue weighted by molar-refractivity contribution is 5.81. The van der Waals surface area contributed by atoms with E-state index in [0.29, 0.717) is 29.0 Å². The number of carbonyl (C=O) groups is 1. The Morgan fingerprint density at radius 3 is 2.96 bits per heavy atom. The molecule has 1 amide bonds. The number of halogens is 1. The summed E-state index contributed by atoms with van der Waals surface area (Å²) in [4.78, 5) is 18.8. The second kappa shape index (κ2) is 6.90. The van der Waals surface area contributed by atoms with E-state index in [9.17, 15) is 9.18 Å². The smallest absolute Gasteiger partial charge is 0.223 e. The topological polar surface area (TPSA) is 46.3 Å². The first-order chi connectivity index (χ1) is 12.7. The number of likely N-dealkylation sites (tertiary alicyclic amines) is 1. The highest BCUT2D eigenvalue weighted by Gasteiger charge is 2.33. The third-order valence-electron chi connectivity index (χ3n) is 4.91. The van der Waals surface area contributed by atoms with Gasteiger partial charge in [-0.1, -0.05) is 31.2 Å². The molecule has 1 aliphatic heterocycles. The van der Waals surface area contributed by atoms with Crippen LogP contribution in [0.4, 0.5) is 4.39 Å². The van der Waals surface area contributed by atoms with E-state index in [4.69, 9.17) is 4.42 Å². The van der Waals surface area contributed by atoms with Crippen LogP contribution in [0.5, 0.6) is 0 Å². The number of hydrogen-bond acceptors (Lipinski definition) is 3. The summed E-state index contributed by atoms with van der Waals surface area (Å²) < 4.78 is 20.0. The summed E-state index contributed by atoms with van der Waals surface area (Å²) in [5, 5.41) is 0. The molecule has 0 bridgehead atoms. The molecule has 4 nitrogen and oxygen atoms in total. The summed E-state index contributed by atoms with van der Waals surface area (Å²) in [7, 11) is 0. The zero-order valence-electron chi connectivity index (χ0n) is 14.7. The highest BCUT2D eigenvalue weighted by atomic mass is 19.1. The molecule has 1 atom stereocenters. The largest absolute Gasteiger partial charge is 0.438 e. The standard InChI is InChI=1S/C21H21FN2O2/c1-2-6-20(25)24-12-5-9-18(24)21-23-17-13-14(10-11-19(17)26-21)15-7-3-4-8-16(15)22/h3-4,7-8,10-11,13,18H,2,5-6,9,12H2,1H3/t18-/m0/s1. The van der Waals surface area contributed by atoms with Crippen LogP contribution in [0.1, 0.15) is 44.5 Å². The Balaban J connectivity index is 1.68. The van der Waals surface area contributed by atoms with Crippen LogP contribution in [0.15, 0.2) is 46.9 Å². The van der Waals surface area contributed by atoms with Crippen molar-refractivity contribution in [1.82, 2.24) is 9.88 Å². The van der Waals surface area contributed by atoms with Crippen molar-refractivity contribution in [3.8, 4) is 11.1 Å². The van der Waals surface area contributed by atoms with Gasteiger partial charge in [-0.3, -0.25) is 4.79 Å². The molecule has 0 aliphatic carbocycles. The predicted octanol–water partition coefficient (Wildman–Crippen LogP) is 5.10. The van der Waals surface area contributed by atoms with E-state index in [0.717, 1.165) is 31.4 Å². The van der Waals surface area contributed by atoms with Crippen molar-refractivity contribution in [3.63, 3.8) is 0 Å². The monoisotopic (exact) mass is 352 g/mol. The van der Waals surface area contributed by atoms with Crippen LogP contribution in [0.2, 0.25) is 0 Å². The quantitative estimate of drug-likeness (QED) is 0.656. The van der Waals surface area contributed by atoms with E-state index in [1.54, 1.807) is 12.1 Å². The predicted molar refractivity (Wildman–Crippen MR) is 98.0 cm³/mol. The van der Waals surface area contributed by atoms with E-state index in [1.807, 2.05) is 36.1 Å². The summed E-state index contributed by atoms with van der Waals surface area (Å²) in [5.74, 6) is 0.472. The fourth-order valence-corrected chi connectivity index (χ4v) is 3.63. The third kappa shape index (κ3) is 2.98. The van der Waals surface area contributed by atoms with Gasteiger partial charge in [0, 0.05) is 18.5 Å². The Bertz CT molecular complexity index is 950. The molecule has 0 saturated carbocycles. The first-order valence-corrected chi connectivity index (χ1v) is 9.12. The SMILES string of the molecule is CCCC(=O)N1CCC[C@H]1c1nc2cc(-c3ccccc3F)ccc2o1. The highest BCUT2D eigenvalue weighted by Crippen LogP contribution is 2.35. The zero-order chi connectivity index (χ0) is 18.1. The molecule has 26 heavy (non-hydrogen) atoms. The van der Waals surface area contributed by atoms with E-state index >= 15 is 0 Å². The van der Waals surface area contributed by atoms with Crippen LogP contribution in [-0.2, 0) is 4.79 Å². The first kappa shape index (κ1) is 16.8. The molecule has 2 heterocycles. The van der Waals surface area contributed by atoms with E-state index in [1.165, 1.54) is 6.07 Å². The van der Waals surface area contributed by atoms with Gasteiger partial charge in [0.05, 0.1) is 0 Å². The molecule has 1 aliphatic rings. The lowest BCUT2D eigenvalue weighted by Crippen LogP contribution is -2.30. The molecule has 0 unspecified atom stereocenters. The van der Waals surface area contributed by atoms with Crippen molar-refractivity contribution in [2.45, 2.75) is 38.6 Å². The summed E-state index contributed by atoms with van der Waals surface area (Å²) in [5.41, 5.74) is 2.66. The average Bonchev–Trinajstić information content (AvgIpc) is 3.28. The van der Waals surface area contributed by atoms with E-state index < -0.39 is 0 Å². The third-order valence-corrected chi connectivity index (χ3v) is 4.91. The van der Waals surface area contributed by atoms with Crippen LogP contribution in [-0.4, -0.2) is 22.3 Å². The van der Waals surface area contributed by atoms with Gasteiger partial charge in [-0.05, 0) is 43.0 Å². The van der Waals surface area contributed by atoms with Crippen molar-refractivity contribution in [1.29, 1.82) is 0 Å². The van der Waals surface area contributed by atoms with Crippen molar-refractivity contribution in [2.24, 2.45) is 0 Å². The van der Waals surface area contributed by atoms with Crippen LogP contribution < -0.4 is 0 Å². The maximum atomic E-state index is 14.1. The second-order valence-corrected chi connectivity index (χ2v) is 6.71. The lowest BCUT2D eigenvalue weighted by Gasteiger charge is -2.21. The van der Waals surface area contributed by atoms with E-state index in [2.05, 4.69) is 4.98 Å². The molecule has 0 radical (unpaired) electrons. The number of hydrogen-bond donors (Lipinski definition) is 0. The van der Waals surface area contributed by atoms with Gasteiger partial charge in [0.2, 0.25) is 11.8 Å². The first-order valence-electron chi connectivity index (χ1n) is 9.12.